The average molecular weight is 460 g/mol. The molecule has 10 heteroatoms. The molecule has 1 unspecified atom stereocenters. The van der Waals surface area contributed by atoms with Crippen LogP contribution in [0.4, 0.5) is 4.39 Å². The summed E-state index contributed by atoms with van der Waals surface area (Å²) in [5, 5.41) is 10.4. The number of aromatic nitrogens is 1. The molecule has 27 heavy (non-hydrogen) atoms. The third-order valence-electron chi connectivity index (χ3n) is 3.99. The number of aliphatic hydroxyl groups is 1. The number of hydrogen-bond donors (Lipinski definition) is 2. The van der Waals surface area contributed by atoms with Crippen LogP contribution in [-0.2, 0) is 26.4 Å². The molecule has 1 heterocycles. The highest BCUT2D eigenvalue weighted by molar-refractivity contribution is 9.10. The molecule has 0 amide bonds. The van der Waals surface area contributed by atoms with Gasteiger partial charge in [0.15, 0.2) is 23.4 Å². The molecule has 3 rings (SSSR count). The Morgan fingerprint density at radius 3 is 2.74 bits per heavy atom. The van der Waals surface area contributed by atoms with Gasteiger partial charge in [-0.2, -0.15) is 0 Å². The molecule has 1 aliphatic carbocycles. The van der Waals surface area contributed by atoms with Gasteiger partial charge >= 0.3 is 5.97 Å². The summed E-state index contributed by atoms with van der Waals surface area (Å²) in [5.74, 6) is -0.565. The Hall–Kier alpha value is -1.88. The van der Waals surface area contributed by atoms with Crippen LogP contribution in [0.25, 0.3) is 0 Å². The lowest BCUT2D eigenvalue weighted by Crippen LogP contribution is -2.18. The lowest BCUT2D eigenvalue weighted by Gasteiger charge is -2.18. The van der Waals surface area contributed by atoms with Gasteiger partial charge in [0, 0.05) is 28.7 Å². The van der Waals surface area contributed by atoms with Gasteiger partial charge in [-0.3, -0.25) is 9.78 Å². The van der Waals surface area contributed by atoms with E-state index < -0.39 is 35.4 Å². The van der Waals surface area contributed by atoms with Crippen molar-refractivity contribution in [1.29, 1.82) is 0 Å². The van der Waals surface area contributed by atoms with Gasteiger partial charge in [0.2, 0.25) is 0 Å². The summed E-state index contributed by atoms with van der Waals surface area (Å²) in [6.07, 6.45) is -1.95. The molecule has 2 N–H and O–H groups in total. The quantitative estimate of drug-likeness (QED) is 0.521. The first-order valence-corrected chi connectivity index (χ1v) is 9.85. The molecule has 1 aromatic carbocycles. The van der Waals surface area contributed by atoms with Crippen molar-refractivity contribution in [2.45, 2.75) is 31.1 Å². The number of rotatable bonds is 5. The molecule has 0 saturated carbocycles. The van der Waals surface area contributed by atoms with Gasteiger partial charge in [0.25, 0.3) is 0 Å². The number of aliphatic hydroxyl groups excluding tert-OH is 1. The van der Waals surface area contributed by atoms with Gasteiger partial charge in [0.1, 0.15) is 17.6 Å². The number of carbonyl (C=O) groups is 1. The van der Waals surface area contributed by atoms with E-state index in [1.165, 1.54) is 18.3 Å². The van der Waals surface area contributed by atoms with Crippen LogP contribution >= 0.6 is 15.9 Å². The van der Waals surface area contributed by atoms with E-state index in [-0.39, 0.29) is 28.2 Å². The van der Waals surface area contributed by atoms with Crippen molar-refractivity contribution in [3.63, 3.8) is 0 Å². The maximum atomic E-state index is 14.7. The summed E-state index contributed by atoms with van der Waals surface area (Å²) in [5.41, 5.74) is 0.515. The second kappa shape index (κ2) is 8.01. The summed E-state index contributed by atoms with van der Waals surface area (Å²) in [6.45, 7) is 1.12. The fourth-order valence-corrected chi connectivity index (χ4v) is 3.87. The first kappa shape index (κ1) is 19.9. The van der Waals surface area contributed by atoms with Gasteiger partial charge in [-0.15, -0.1) is 0 Å². The molecule has 0 fully saturated rings. The van der Waals surface area contributed by atoms with Crippen LogP contribution in [0.2, 0.25) is 0 Å². The highest BCUT2D eigenvalue weighted by atomic mass is 79.9. The molecule has 0 aliphatic heterocycles. The van der Waals surface area contributed by atoms with E-state index in [4.69, 9.17) is 9.47 Å². The predicted molar refractivity (Wildman–Crippen MR) is 97.3 cm³/mol. The van der Waals surface area contributed by atoms with Gasteiger partial charge in [0.05, 0.1) is 11.9 Å². The second-order valence-corrected chi connectivity index (χ2v) is 7.72. The molecule has 0 radical (unpaired) electrons. The lowest BCUT2D eigenvalue weighted by atomic mass is 10.0. The number of alkyl halides is 1. The fourth-order valence-electron chi connectivity index (χ4n) is 3.01. The summed E-state index contributed by atoms with van der Waals surface area (Å²) >= 11 is 1.06. The monoisotopic (exact) mass is 459 g/mol. The minimum absolute atomic E-state index is 0.0803. The molecule has 0 spiro atoms. The van der Waals surface area contributed by atoms with Crippen LogP contribution in [0.3, 0.4) is 0 Å². The zero-order valence-electron chi connectivity index (χ0n) is 14.0. The number of ether oxygens (including phenoxy) is 2. The number of carbonyl (C=O) groups excluding carboxylic acids is 1. The van der Waals surface area contributed by atoms with E-state index in [9.17, 15) is 23.1 Å². The molecule has 2 aromatic rings. The maximum absolute atomic E-state index is 14.7. The van der Waals surface area contributed by atoms with Gasteiger partial charge in [-0.05, 0) is 33.6 Å². The molecular formula is C17H15BrFNO6S. The Morgan fingerprint density at radius 1 is 1.37 bits per heavy atom. The van der Waals surface area contributed by atoms with E-state index >= 15 is 0 Å². The van der Waals surface area contributed by atoms with Crippen LogP contribution in [0.1, 0.15) is 35.8 Å². The second-order valence-electron chi connectivity index (χ2n) is 5.88. The van der Waals surface area contributed by atoms with Crippen LogP contribution < -0.4 is 4.74 Å². The van der Waals surface area contributed by atoms with Crippen molar-refractivity contribution < 1.29 is 32.5 Å². The van der Waals surface area contributed by atoms with Gasteiger partial charge in [-0.25, -0.2) is 8.60 Å². The van der Waals surface area contributed by atoms with Gasteiger partial charge < -0.3 is 19.1 Å². The summed E-state index contributed by atoms with van der Waals surface area (Å²) in [4.78, 5) is 15.4. The molecule has 4 atom stereocenters. The number of pyridine rings is 1. The van der Waals surface area contributed by atoms with Crippen LogP contribution in [0.15, 0.2) is 35.1 Å². The Morgan fingerprint density at radius 2 is 2.11 bits per heavy atom. The lowest BCUT2D eigenvalue weighted by molar-refractivity contribution is -0.151. The van der Waals surface area contributed by atoms with Gasteiger partial charge in [-0.1, -0.05) is 6.07 Å². The summed E-state index contributed by atoms with van der Waals surface area (Å²) < 4.78 is 46.6. The normalized spacial score (nSPS) is 22.2. The SMILES string of the molecule is CC(=O)O[C@H]1c2c(CS(=O)O)ccc(Oc3cncc(Br)c3)c2[C@H](O)[C@H]1F. The summed E-state index contributed by atoms with van der Waals surface area (Å²) in [6, 6.07) is 4.58. The first-order chi connectivity index (χ1) is 12.8. The molecule has 144 valence electrons. The highest BCUT2D eigenvalue weighted by Gasteiger charge is 2.46. The van der Waals surface area contributed by atoms with E-state index in [1.54, 1.807) is 12.3 Å². The highest BCUT2D eigenvalue weighted by Crippen LogP contribution is 2.49. The Balaban J connectivity index is 2.11. The van der Waals surface area contributed by atoms with Crippen molar-refractivity contribution in [3.8, 4) is 11.5 Å². The zero-order chi connectivity index (χ0) is 19.7. The van der Waals surface area contributed by atoms with Crippen LogP contribution in [0.5, 0.6) is 11.5 Å². The minimum Gasteiger partial charge on any atom is -0.455 e. The van der Waals surface area contributed by atoms with E-state index in [0.717, 1.165) is 6.92 Å². The number of hydrogen-bond acceptors (Lipinski definition) is 6. The number of nitrogens with zero attached hydrogens (tertiary/aromatic N) is 1. The minimum atomic E-state index is -2.21. The molecule has 1 aliphatic rings. The summed E-state index contributed by atoms with van der Waals surface area (Å²) in [7, 11) is 0. The molecule has 0 bridgehead atoms. The van der Waals surface area contributed by atoms with Crippen LogP contribution in [-0.4, -0.2) is 31.0 Å². The molecule has 7 nitrogen and oxygen atoms in total. The third kappa shape index (κ3) is 4.18. The number of halogens is 2. The van der Waals surface area contributed by atoms with E-state index in [2.05, 4.69) is 20.9 Å². The fraction of sp³-hybridized carbons (Fsp3) is 0.294. The predicted octanol–water partition coefficient (Wildman–Crippen LogP) is 3.35. The van der Waals surface area contributed by atoms with Crippen molar-refractivity contribution in [2.24, 2.45) is 0 Å². The van der Waals surface area contributed by atoms with Crippen molar-refractivity contribution >= 4 is 33.0 Å². The third-order valence-corrected chi connectivity index (χ3v) is 4.98. The van der Waals surface area contributed by atoms with Crippen molar-refractivity contribution in [2.75, 3.05) is 0 Å². The Kier molecular flexibility index (Phi) is 5.89. The van der Waals surface area contributed by atoms with Crippen LogP contribution in [0, 0.1) is 0 Å². The smallest absolute Gasteiger partial charge is 0.303 e. The van der Waals surface area contributed by atoms with Crippen molar-refractivity contribution in [1.82, 2.24) is 4.98 Å². The average Bonchev–Trinajstić information content (AvgIpc) is 2.82. The largest absolute Gasteiger partial charge is 0.455 e. The Labute approximate surface area is 164 Å². The number of fused-ring (bicyclic) bond motifs is 1. The molecule has 1 aromatic heterocycles. The molecular weight excluding hydrogens is 445 g/mol. The molecule has 0 saturated heterocycles. The standard InChI is InChI=1S/C17H15BrFNO6S/c1-8(21)25-17-13-9(7-27(23)24)2-3-12(14(13)16(22)15(17)19)26-11-4-10(18)5-20-6-11/h2-6,15-17,22H,7H2,1H3,(H,23,24)/t15-,16+,17+/m1/s1. The maximum Gasteiger partial charge on any atom is 0.303 e. The van der Waals surface area contributed by atoms with E-state index in [0.29, 0.717) is 10.2 Å². The first-order valence-electron chi connectivity index (χ1n) is 7.78. The van der Waals surface area contributed by atoms with E-state index in [1.807, 2.05) is 0 Å². The Bertz CT molecular complexity index is 911. The topological polar surface area (TPSA) is 106 Å². The zero-order valence-corrected chi connectivity index (χ0v) is 16.4. The number of esters is 1. The van der Waals surface area contributed by atoms with Crippen molar-refractivity contribution in [3.05, 3.63) is 51.8 Å². The number of benzene rings is 1.